The quantitative estimate of drug-likeness (QED) is 0.508. The zero-order valence-electron chi connectivity index (χ0n) is 17.0. The second-order valence-corrected chi connectivity index (χ2v) is 7.66. The van der Waals surface area contributed by atoms with E-state index >= 15 is 0 Å². The number of halogens is 6. The van der Waals surface area contributed by atoms with Crippen LogP contribution in [0.3, 0.4) is 0 Å². The van der Waals surface area contributed by atoms with Gasteiger partial charge in [-0.15, -0.1) is 0 Å². The van der Waals surface area contributed by atoms with Crippen LogP contribution in [-0.4, -0.2) is 35.9 Å². The Labute approximate surface area is 187 Å². The summed E-state index contributed by atoms with van der Waals surface area (Å²) in [6, 6.07) is 6.08. The van der Waals surface area contributed by atoms with Crippen LogP contribution in [0, 0.1) is 0 Å². The maximum atomic E-state index is 13.1. The number of para-hydroxylation sites is 1. The molecule has 13 heteroatoms. The van der Waals surface area contributed by atoms with E-state index in [1.807, 2.05) is 5.32 Å². The van der Waals surface area contributed by atoms with Crippen molar-refractivity contribution in [3.63, 3.8) is 0 Å². The van der Waals surface area contributed by atoms with Gasteiger partial charge in [0, 0.05) is 17.7 Å². The molecule has 1 spiro atoms. The van der Waals surface area contributed by atoms with Gasteiger partial charge in [0.05, 0.1) is 17.7 Å². The third-order valence-electron chi connectivity index (χ3n) is 5.43. The van der Waals surface area contributed by atoms with Crippen LogP contribution in [0.25, 0.3) is 0 Å². The van der Waals surface area contributed by atoms with Gasteiger partial charge >= 0.3 is 18.4 Å². The Morgan fingerprint density at radius 3 is 2.26 bits per heavy atom. The number of urea groups is 1. The van der Waals surface area contributed by atoms with Gasteiger partial charge < -0.3 is 15.4 Å². The van der Waals surface area contributed by atoms with E-state index in [1.165, 1.54) is 0 Å². The van der Waals surface area contributed by atoms with Crippen molar-refractivity contribution in [2.45, 2.75) is 24.3 Å². The number of benzene rings is 2. The fraction of sp³-hybridized carbons (Fsp3) is 0.286. The highest BCUT2D eigenvalue weighted by molar-refractivity contribution is 6.10. The lowest BCUT2D eigenvalue weighted by Crippen LogP contribution is -2.48. The highest BCUT2D eigenvalue weighted by Gasteiger charge is 2.55. The predicted octanol–water partition coefficient (Wildman–Crippen LogP) is 3.89. The summed E-state index contributed by atoms with van der Waals surface area (Å²) in [5.74, 6) is -1.59. The molecule has 2 aromatic carbocycles. The van der Waals surface area contributed by atoms with E-state index < -0.39 is 59.1 Å². The lowest BCUT2D eigenvalue weighted by atomic mass is 9.84. The van der Waals surface area contributed by atoms with Gasteiger partial charge in [0.15, 0.2) is 5.54 Å². The monoisotopic (exact) mass is 487 g/mol. The zero-order valence-corrected chi connectivity index (χ0v) is 17.0. The van der Waals surface area contributed by atoms with Gasteiger partial charge in [0.25, 0.3) is 5.91 Å². The van der Waals surface area contributed by atoms with Gasteiger partial charge in [-0.05, 0) is 24.3 Å². The molecular formula is C21H15F6N3O4. The summed E-state index contributed by atoms with van der Waals surface area (Å²) < 4.78 is 83.7. The number of carbonyl (C=O) groups is 3. The van der Waals surface area contributed by atoms with E-state index in [0.29, 0.717) is 28.3 Å². The Kier molecular flexibility index (Phi) is 5.45. The molecule has 7 nitrogen and oxygen atoms in total. The molecule has 2 aliphatic heterocycles. The fourth-order valence-corrected chi connectivity index (χ4v) is 3.89. The van der Waals surface area contributed by atoms with Crippen LogP contribution in [-0.2, 0) is 27.5 Å². The zero-order chi connectivity index (χ0) is 24.9. The molecule has 0 aromatic heterocycles. The largest absolute Gasteiger partial charge is 0.493 e. The van der Waals surface area contributed by atoms with Gasteiger partial charge in [0.2, 0.25) is 5.91 Å². The first-order valence-electron chi connectivity index (χ1n) is 9.77. The van der Waals surface area contributed by atoms with E-state index in [1.54, 1.807) is 24.3 Å². The van der Waals surface area contributed by atoms with Gasteiger partial charge in [-0.3, -0.25) is 14.5 Å². The maximum absolute atomic E-state index is 13.1. The minimum absolute atomic E-state index is 0.0648. The average molecular weight is 487 g/mol. The summed E-state index contributed by atoms with van der Waals surface area (Å²) in [6.45, 7) is -0.833. The minimum atomic E-state index is -5.10. The number of ether oxygens (including phenoxy) is 1. The molecule has 0 saturated carbocycles. The lowest BCUT2D eigenvalue weighted by Gasteiger charge is -2.33. The number of carbonyl (C=O) groups excluding carboxylic acids is 3. The molecule has 2 heterocycles. The van der Waals surface area contributed by atoms with Crippen molar-refractivity contribution in [1.29, 1.82) is 0 Å². The molecule has 2 N–H and O–H groups in total. The van der Waals surface area contributed by atoms with Crippen LogP contribution in [0.4, 0.5) is 36.8 Å². The number of imide groups is 1. The Bertz CT molecular complexity index is 1150. The van der Waals surface area contributed by atoms with Crippen molar-refractivity contribution in [2.75, 3.05) is 18.5 Å². The molecule has 180 valence electrons. The lowest BCUT2D eigenvalue weighted by molar-refractivity contribution is -0.143. The van der Waals surface area contributed by atoms with Gasteiger partial charge in [0.1, 0.15) is 12.3 Å². The van der Waals surface area contributed by atoms with Crippen molar-refractivity contribution < 1.29 is 45.5 Å². The maximum Gasteiger partial charge on any atom is 0.416 e. The summed E-state index contributed by atoms with van der Waals surface area (Å²) in [5, 5.41) is 4.44. The molecule has 34 heavy (non-hydrogen) atoms. The first-order chi connectivity index (χ1) is 15.8. The molecule has 0 bridgehead atoms. The number of nitrogens with one attached hydrogen (secondary N) is 2. The number of nitrogens with zero attached hydrogens (tertiary/aromatic N) is 1. The van der Waals surface area contributed by atoms with Crippen LogP contribution in [0.5, 0.6) is 5.75 Å². The Morgan fingerprint density at radius 1 is 1.03 bits per heavy atom. The number of rotatable bonds is 3. The molecule has 4 amide bonds. The number of hydrogen-bond donors (Lipinski definition) is 2. The Balaban J connectivity index is 1.57. The van der Waals surface area contributed by atoms with Crippen molar-refractivity contribution in [1.82, 2.24) is 10.2 Å². The van der Waals surface area contributed by atoms with E-state index in [0.717, 1.165) is 0 Å². The summed E-state index contributed by atoms with van der Waals surface area (Å²) in [5.41, 5.74) is -5.15. The van der Waals surface area contributed by atoms with Gasteiger partial charge in [-0.1, -0.05) is 18.2 Å². The van der Waals surface area contributed by atoms with Crippen LogP contribution in [0.2, 0.25) is 0 Å². The van der Waals surface area contributed by atoms with Gasteiger partial charge in [-0.2, -0.15) is 26.3 Å². The standard InChI is InChI=1S/C21H15F6N3O4/c22-20(23,24)11-7-12(21(25,26)27)9-13(8-11)28-16(31)10-30-17(32)19(29-18(30)33)5-6-34-15-4-2-1-3-14(15)19/h1-4,7-9H,5-6,10H2,(H,28,31)(H,29,33)/t19-/m0/s1. The smallest absolute Gasteiger partial charge is 0.416 e. The van der Waals surface area contributed by atoms with Gasteiger partial charge in [-0.25, -0.2) is 4.79 Å². The Hall–Kier alpha value is -3.77. The third-order valence-corrected chi connectivity index (χ3v) is 5.43. The first-order valence-corrected chi connectivity index (χ1v) is 9.77. The number of fused-ring (bicyclic) bond motifs is 2. The van der Waals surface area contributed by atoms with Crippen LogP contribution in [0.15, 0.2) is 42.5 Å². The fourth-order valence-electron chi connectivity index (χ4n) is 3.89. The molecule has 0 aliphatic carbocycles. The SMILES string of the molecule is O=C(CN1C(=O)N[C@]2(CCOc3ccccc32)C1=O)Nc1cc(C(F)(F)F)cc(C(F)(F)F)c1. The highest BCUT2D eigenvalue weighted by atomic mass is 19.4. The number of anilines is 1. The molecule has 1 fully saturated rings. The summed E-state index contributed by atoms with van der Waals surface area (Å²) in [4.78, 5) is 38.6. The molecular weight excluding hydrogens is 472 g/mol. The van der Waals surface area contributed by atoms with Crippen molar-refractivity contribution in [2.24, 2.45) is 0 Å². The number of hydrogen-bond acceptors (Lipinski definition) is 4. The molecule has 2 aromatic rings. The second-order valence-electron chi connectivity index (χ2n) is 7.66. The van der Waals surface area contributed by atoms with E-state index in [2.05, 4.69) is 5.32 Å². The molecule has 0 radical (unpaired) electrons. The summed E-state index contributed by atoms with van der Waals surface area (Å²) >= 11 is 0. The van der Waals surface area contributed by atoms with Crippen LogP contribution < -0.4 is 15.4 Å². The molecule has 1 saturated heterocycles. The van der Waals surface area contributed by atoms with Crippen LogP contribution in [0.1, 0.15) is 23.1 Å². The van der Waals surface area contributed by atoms with Crippen LogP contribution >= 0.6 is 0 Å². The normalized spacial score (nSPS) is 20.1. The second kappa shape index (κ2) is 7.92. The van der Waals surface area contributed by atoms with E-state index in [-0.39, 0.29) is 19.1 Å². The summed E-state index contributed by atoms with van der Waals surface area (Å²) in [6.07, 6.45) is -10.1. The molecule has 1 atom stereocenters. The number of alkyl halides is 6. The highest BCUT2D eigenvalue weighted by Crippen LogP contribution is 2.41. The molecule has 0 unspecified atom stereocenters. The van der Waals surface area contributed by atoms with Crippen molar-refractivity contribution >= 4 is 23.5 Å². The van der Waals surface area contributed by atoms with E-state index in [9.17, 15) is 40.7 Å². The third kappa shape index (κ3) is 4.13. The van der Waals surface area contributed by atoms with E-state index in [4.69, 9.17) is 4.74 Å². The summed E-state index contributed by atoms with van der Waals surface area (Å²) in [7, 11) is 0. The topological polar surface area (TPSA) is 87.7 Å². The molecule has 4 rings (SSSR count). The van der Waals surface area contributed by atoms with Crippen molar-refractivity contribution in [3.05, 3.63) is 59.2 Å². The van der Waals surface area contributed by atoms with Crippen molar-refractivity contribution in [3.8, 4) is 5.75 Å². The average Bonchev–Trinajstić information content (AvgIpc) is 2.97. The Morgan fingerprint density at radius 2 is 1.65 bits per heavy atom. The number of amides is 4. The predicted molar refractivity (Wildman–Crippen MR) is 104 cm³/mol. The molecule has 2 aliphatic rings. The first kappa shape index (κ1) is 23.4. The minimum Gasteiger partial charge on any atom is -0.493 e.